The average molecular weight is 472 g/mol. The van der Waals surface area contributed by atoms with Gasteiger partial charge < -0.3 is 15.2 Å². The van der Waals surface area contributed by atoms with Crippen LogP contribution in [0, 0.1) is 0 Å². The number of halogens is 3. The molecule has 0 amide bonds. The second-order valence-electron chi connectivity index (χ2n) is 6.98. The zero-order valence-corrected chi connectivity index (χ0v) is 17.9. The number of aromatic nitrogens is 2. The number of aliphatic hydroxyl groups is 1. The Morgan fingerprint density at radius 2 is 2.00 bits per heavy atom. The molecule has 0 fully saturated rings. The van der Waals surface area contributed by atoms with E-state index in [0.717, 1.165) is 0 Å². The van der Waals surface area contributed by atoms with Crippen LogP contribution in [0.15, 0.2) is 42.5 Å². The lowest BCUT2D eigenvalue weighted by Crippen LogP contribution is -2.26. The summed E-state index contributed by atoms with van der Waals surface area (Å²) in [5.41, 5.74) is 0.160. The Hall–Kier alpha value is -2.83. The minimum absolute atomic E-state index is 0.0328. The number of aromatic amines is 1. The van der Waals surface area contributed by atoms with Crippen molar-refractivity contribution < 1.29 is 31.4 Å². The van der Waals surface area contributed by atoms with Crippen LogP contribution >= 0.6 is 0 Å². The van der Waals surface area contributed by atoms with Crippen LogP contribution < -0.4 is 14.8 Å². The van der Waals surface area contributed by atoms with Crippen LogP contribution in [0.3, 0.4) is 0 Å². The molecule has 174 valence electrons. The predicted octanol–water partition coefficient (Wildman–Crippen LogP) is 3.05. The van der Waals surface area contributed by atoms with Gasteiger partial charge in [-0.05, 0) is 36.8 Å². The highest BCUT2D eigenvalue weighted by Gasteiger charge is 2.35. The van der Waals surface area contributed by atoms with Gasteiger partial charge in [-0.25, -0.2) is 8.42 Å². The van der Waals surface area contributed by atoms with Crippen LogP contribution in [0.2, 0.25) is 0 Å². The molecular weight excluding hydrogens is 449 g/mol. The molecule has 1 atom stereocenters. The van der Waals surface area contributed by atoms with E-state index in [1.807, 2.05) is 0 Å². The molecule has 32 heavy (non-hydrogen) atoms. The molecule has 0 aliphatic carbocycles. The molecule has 0 saturated carbocycles. The first-order valence-electron chi connectivity index (χ1n) is 9.76. The van der Waals surface area contributed by atoms with Crippen LogP contribution in [0.4, 0.5) is 18.9 Å². The van der Waals surface area contributed by atoms with Gasteiger partial charge in [-0.2, -0.15) is 18.3 Å². The largest absolute Gasteiger partial charge is 0.492 e. The molecular formula is C20H23F3N4O4S. The molecule has 0 saturated heterocycles. The monoisotopic (exact) mass is 472 g/mol. The van der Waals surface area contributed by atoms with Crippen molar-refractivity contribution in [3.63, 3.8) is 0 Å². The summed E-state index contributed by atoms with van der Waals surface area (Å²) in [6.45, 7) is 2.31. The number of hydrogen-bond donors (Lipinski definition) is 4. The molecule has 3 aromatic rings. The Bertz CT molecular complexity index is 1170. The number of nitrogens with zero attached hydrogens (tertiary/aromatic N) is 1. The van der Waals surface area contributed by atoms with Crippen LogP contribution in [0.5, 0.6) is 5.75 Å². The maximum atomic E-state index is 12.9. The fourth-order valence-corrected chi connectivity index (χ4v) is 3.59. The number of aliphatic hydroxyl groups excluding tert-OH is 1. The average Bonchev–Trinajstić information content (AvgIpc) is 3.17. The molecule has 0 radical (unpaired) electrons. The molecule has 0 unspecified atom stereocenters. The van der Waals surface area contributed by atoms with Crippen molar-refractivity contribution in [1.29, 1.82) is 0 Å². The van der Waals surface area contributed by atoms with Crippen molar-refractivity contribution >= 4 is 26.6 Å². The Morgan fingerprint density at radius 3 is 2.72 bits per heavy atom. The van der Waals surface area contributed by atoms with Gasteiger partial charge in [0.05, 0.1) is 17.4 Å². The van der Waals surface area contributed by atoms with Gasteiger partial charge in [0, 0.05) is 30.2 Å². The van der Waals surface area contributed by atoms with E-state index in [2.05, 4.69) is 20.2 Å². The zero-order chi connectivity index (χ0) is 23.4. The summed E-state index contributed by atoms with van der Waals surface area (Å²) in [5.74, 6) is 0.325. The molecule has 3 rings (SSSR count). The number of ether oxygens (including phenoxy) is 1. The number of nitrogens with one attached hydrogen (secondary N) is 3. The van der Waals surface area contributed by atoms with E-state index in [1.54, 1.807) is 24.3 Å². The van der Waals surface area contributed by atoms with Crippen molar-refractivity contribution in [2.45, 2.75) is 19.2 Å². The minimum Gasteiger partial charge on any atom is -0.492 e. The highest BCUT2D eigenvalue weighted by Crippen LogP contribution is 2.34. The Morgan fingerprint density at radius 1 is 1.22 bits per heavy atom. The first-order chi connectivity index (χ1) is 15.1. The minimum atomic E-state index is -4.54. The third-order valence-electron chi connectivity index (χ3n) is 4.61. The van der Waals surface area contributed by atoms with E-state index < -0.39 is 28.0 Å². The van der Waals surface area contributed by atoms with Crippen LogP contribution in [0.25, 0.3) is 10.9 Å². The van der Waals surface area contributed by atoms with Crippen molar-refractivity contribution in [3.05, 3.63) is 53.7 Å². The molecule has 0 aliphatic heterocycles. The lowest BCUT2D eigenvalue weighted by Gasteiger charge is -2.14. The highest BCUT2D eigenvalue weighted by atomic mass is 32.2. The second-order valence-corrected chi connectivity index (χ2v) is 8.99. The lowest BCUT2D eigenvalue weighted by atomic mass is 10.1. The molecule has 0 spiro atoms. The number of alkyl halides is 3. The molecule has 2 aromatic carbocycles. The van der Waals surface area contributed by atoms with Gasteiger partial charge in [-0.15, -0.1) is 0 Å². The van der Waals surface area contributed by atoms with Crippen LogP contribution in [0.1, 0.15) is 24.3 Å². The van der Waals surface area contributed by atoms with Gasteiger partial charge in [-0.1, -0.05) is 12.1 Å². The molecule has 1 aromatic heterocycles. The van der Waals surface area contributed by atoms with Crippen molar-refractivity contribution in [2.75, 3.05) is 30.2 Å². The number of anilines is 1. The normalized spacial score (nSPS) is 13.3. The summed E-state index contributed by atoms with van der Waals surface area (Å²) in [5, 5.41) is 19.0. The van der Waals surface area contributed by atoms with E-state index in [4.69, 9.17) is 4.74 Å². The fraction of sp³-hybridized carbons (Fsp3) is 0.350. The summed E-state index contributed by atoms with van der Waals surface area (Å²) >= 11 is 0. The highest BCUT2D eigenvalue weighted by molar-refractivity contribution is 7.92. The number of sulfonamides is 1. The molecule has 0 bridgehead atoms. The van der Waals surface area contributed by atoms with Gasteiger partial charge >= 0.3 is 6.18 Å². The SMILES string of the molecule is CCS(=O)(=O)Nc1cccc([C@@H](O)CNCCOc2ccc3c(C(F)(F)F)n[nH]c3c2)c1. The molecule has 12 heteroatoms. The Labute approximate surface area is 182 Å². The van der Waals surface area contributed by atoms with Crippen molar-refractivity contribution in [2.24, 2.45) is 0 Å². The van der Waals surface area contributed by atoms with E-state index in [9.17, 15) is 26.7 Å². The maximum Gasteiger partial charge on any atom is 0.435 e. The first-order valence-corrected chi connectivity index (χ1v) is 11.4. The molecule has 0 aliphatic rings. The summed E-state index contributed by atoms with van der Waals surface area (Å²) in [6.07, 6.45) is -5.41. The summed E-state index contributed by atoms with van der Waals surface area (Å²) < 4.78 is 69.9. The number of H-pyrrole nitrogens is 1. The molecule has 4 N–H and O–H groups in total. The Kier molecular flexibility index (Phi) is 7.26. The summed E-state index contributed by atoms with van der Waals surface area (Å²) in [4.78, 5) is 0. The van der Waals surface area contributed by atoms with E-state index in [1.165, 1.54) is 25.1 Å². The second kappa shape index (κ2) is 9.76. The number of hydrogen-bond acceptors (Lipinski definition) is 6. The predicted molar refractivity (Wildman–Crippen MR) is 114 cm³/mol. The summed E-state index contributed by atoms with van der Waals surface area (Å²) in [7, 11) is -3.41. The third kappa shape index (κ3) is 6.11. The number of rotatable bonds is 10. The molecule has 1 heterocycles. The number of fused-ring (bicyclic) bond motifs is 1. The quantitative estimate of drug-likeness (QED) is 0.337. The fourth-order valence-electron chi connectivity index (χ4n) is 2.96. The third-order valence-corrected chi connectivity index (χ3v) is 5.92. The number of benzene rings is 2. The summed E-state index contributed by atoms with van der Waals surface area (Å²) in [6, 6.07) is 10.7. The van der Waals surface area contributed by atoms with E-state index in [-0.39, 0.29) is 29.8 Å². The van der Waals surface area contributed by atoms with Gasteiger partial charge in [0.15, 0.2) is 5.69 Å². The zero-order valence-electron chi connectivity index (χ0n) is 17.1. The Balaban J connectivity index is 1.47. The van der Waals surface area contributed by atoms with E-state index >= 15 is 0 Å². The van der Waals surface area contributed by atoms with Crippen LogP contribution in [-0.2, 0) is 16.2 Å². The smallest absolute Gasteiger partial charge is 0.435 e. The van der Waals surface area contributed by atoms with Gasteiger partial charge in [0.25, 0.3) is 0 Å². The topological polar surface area (TPSA) is 116 Å². The standard InChI is InChI=1S/C20H23F3N4O4S/c1-2-32(29,30)27-14-5-3-4-13(10-14)18(28)12-24-8-9-31-15-6-7-16-17(11-15)25-26-19(16)20(21,22)23/h3-7,10-11,18,24,27-28H,2,8-9,12H2,1H3,(H,25,26)/t18-/m0/s1. The van der Waals surface area contributed by atoms with Gasteiger partial charge in [0.1, 0.15) is 12.4 Å². The van der Waals surface area contributed by atoms with Crippen molar-refractivity contribution in [3.8, 4) is 5.75 Å². The molecule has 8 nitrogen and oxygen atoms in total. The van der Waals surface area contributed by atoms with Crippen LogP contribution in [-0.4, -0.2) is 49.2 Å². The maximum absolute atomic E-state index is 12.9. The van der Waals surface area contributed by atoms with Gasteiger partial charge in [-0.3, -0.25) is 9.82 Å². The van der Waals surface area contributed by atoms with E-state index in [0.29, 0.717) is 23.5 Å². The lowest BCUT2D eigenvalue weighted by molar-refractivity contribution is -0.139. The van der Waals surface area contributed by atoms with Crippen molar-refractivity contribution in [1.82, 2.24) is 15.5 Å². The first kappa shape index (κ1) is 23.8. The van der Waals surface area contributed by atoms with Gasteiger partial charge in [0.2, 0.25) is 10.0 Å².